The maximum absolute atomic E-state index is 11.9. The predicted molar refractivity (Wildman–Crippen MR) is 84.9 cm³/mol. The molecule has 0 aliphatic carbocycles. The number of carbonyl (C=O) groups is 1. The molecular weight excluding hydrogens is 306 g/mol. The zero-order chi connectivity index (χ0) is 16.3. The Hall–Kier alpha value is -1.66. The summed E-state index contributed by atoms with van der Waals surface area (Å²) in [5.74, 6) is 0.280. The van der Waals surface area contributed by atoms with Crippen molar-refractivity contribution >= 4 is 29.1 Å². The fraction of sp³-hybridized carbons (Fsp3) is 0.533. The average molecular weight is 326 g/mol. The number of amidine groups is 1. The van der Waals surface area contributed by atoms with Crippen molar-refractivity contribution in [3.8, 4) is 0 Å². The number of aliphatic imine (C=N–C) groups is 1. The second-order valence-corrected chi connectivity index (χ2v) is 5.65. The Morgan fingerprint density at radius 3 is 2.68 bits per heavy atom. The number of carbonyl (C=O) groups excluding carboxylic acids is 1. The molecule has 1 aliphatic heterocycles. The van der Waals surface area contributed by atoms with Gasteiger partial charge in [-0.25, -0.2) is 14.8 Å². The molecule has 120 valence electrons. The molecule has 1 fully saturated rings. The highest BCUT2D eigenvalue weighted by Gasteiger charge is 2.27. The number of hydrogen-bond donors (Lipinski definition) is 0. The number of hydrogen-bond acceptors (Lipinski definition) is 5. The van der Waals surface area contributed by atoms with Gasteiger partial charge in [0.1, 0.15) is 11.5 Å². The molecule has 2 heterocycles. The topological polar surface area (TPSA) is 64.0 Å². The fourth-order valence-electron chi connectivity index (χ4n) is 2.67. The Labute approximate surface area is 135 Å². The van der Waals surface area contributed by atoms with E-state index < -0.39 is 5.97 Å². The van der Waals surface area contributed by atoms with Crippen LogP contribution in [0.4, 0.5) is 5.69 Å². The maximum Gasteiger partial charge on any atom is 0.340 e. The van der Waals surface area contributed by atoms with E-state index in [1.165, 1.54) is 13.3 Å². The van der Waals surface area contributed by atoms with Crippen LogP contribution in [0.5, 0.6) is 0 Å². The van der Waals surface area contributed by atoms with E-state index >= 15 is 0 Å². The van der Waals surface area contributed by atoms with Crippen LogP contribution in [0.3, 0.4) is 0 Å². The average Bonchev–Trinajstić information content (AvgIpc) is 2.48. The molecule has 1 aromatic heterocycles. The SMILES string of the molecule is COC(=O)c1ccnc(Cl)c1/N=C(\C)N1[C@H](C)COC[C@@H]1C. The van der Waals surface area contributed by atoms with Crippen molar-refractivity contribution in [1.29, 1.82) is 0 Å². The van der Waals surface area contributed by atoms with Gasteiger partial charge in [0.2, 0.25) is 0 Å². The molecule has 2 atom stereocenters. The third-order valence-corrected chi connectivity index (χ3v) is 3.88. The Balaban J connectivity index is 2.41. The third kappa shape index (κ3) is 3.39. The minimum atomic E-state index is -0.487. The molecule has 0 bridgehead atoms. The van der Waals surface area contributed by atoms with Gasteiger partial charge >= 0.3 is 5.97 Å². The van der Waals surface area contributed by atoms with Gasteiger partial charge in [0.05, 0.1) is 38.0 Å². The lowest BCUT2D eigenvalue weighted by atomic mass is 10.1. The number of methoxy groups -OCH3 is 1. The molecule has 0 amide bonds. The van der Waals surface area contributed by atoms with Crippen molar-refractivity contribution in [3.05, 3.63) is 23.0 Å². The standard InChI is InChI=1S/C15H20ClN3O3/c1-9-7-22-8-10(2)19(9)11(3)18-13-12(15(20)21-4)5-6-17-14(13)16/h5-6,9-10H,7-8H2,1-4H3/b18-11+/t9-,10+. The third-order valence-electron chi connectivity index (χ3n) is 3.60. The van der Waals surface area contributed by atoms with Crippen LogP contribution < -0.4 is 0 Å². The number of morpholine rings is 1. The van der Waals surface area contributed by atoms with Crippen LogP contribution in [0.1, 0.15) is 31.1 Å². The monoisotopic (exact) mass is 325 g/mol. The van der Waals surface area contributed by atoms with Crippen molar-refractivity contribution in [2.75, 3.05) is 20.3 Å². The highest BCUT2D eigenvalue weighted by atomic mass is 35.5. The van der Waals surface area contributed by atoms with Crippen LogP contribution >= 0.6 is 11.6 Å². The maximum atomic E-state index is 11.9. The van der Waals surface area contributed by atoms with Crippen LogP contribution in [0.15, 0.2) is 17.3 Å². The van der Waals surface area contributed by atoms with E-state index in [0.717, 1.165) is 5.84 Å². The first-order valence-electron chi connectivity index (χ1n) is 7.10. The highest BCUT2D eigenvalue weighted by molar-refractivity contribution is 6.32. The second-order valence-electron chi connectivity index (χ2n) is 5.29. The van der Waals surface area contributed by atoms with E-state index in [1.807, 2.05) is 6.92 Å². The van der Waals surface area contributed by atoms with E-state index in [1.54, 1.807) is 6.07 Å². The van der Waals surface area contributed by atoms with E-state index in [-0.39, 0.29) is 17.2 Å². The normalized spacial score (nSPS) is 22.6. The molecule has 0 spiro atoms. The first kappa shape index (κ1) is 16.7. The van der Waals surface area contributed by atoms with E-state index in [4.69, 9.17) is 21.1 Å². The lowest BCUT2D eigenvalue weighted by Crippen LogP contribution is -2.51. The van der Waals surface area contributed by atoms with E-state index in [0.29, 0.717) is 24.5 Å². The van der Waals surface area contributed by atoms with Gasteiger partial charge in [-0.1, -0.05) is 11.6 Å². The smallest absolute Gasteiger partial charge is 0.340 e. The van der Waals surface area contributed by atoms with Gasteiger partial charge in [0, 0.05) is 6.20 Å². The first-order valence-corrected chi connectivity index (χ1v) is 7.47. The summed E-state index contributed by atoms with van der Waals surface area (Å²) >= 11 is 6.12. The van der Waals surface area contributed by atoms with Crippen molar-refractivity contribution in [3.63, 3.8) is 0 Å². The summed E-state index contributed by atoms with van der Waals surface area (Å²) in [6.45, 7) is 7.31. The molecule has 0 radical (unpaired) electrons. The molecule has 0 aromatic carbocycles. The van der Waals surface area contributed by atoms with Crippen molar-refractivity contribution in [2.45, 2.75) is 32.9 Å². The Bertz CT molecular complexity index is 581. The van der Waals surface area contributed by atoms with Crippen LogP contribution in [0.2, 0.25) is 5.15 Å². The summed E-state index contributed by atoms with van der Waals surface area (Å²) in [7, 11) is 1.32. The summed E-state index contributed by atoms with van der Waals surface area (Å²) in [6, 6.07) is 1.95. The number of aromatic nitrogens is 1. The van der Waals surface area contributed by atoms with Gasteiger partial charge in [0.25, 0.3) is 0 Å². The van der Waals surface area contributed by atoms with Gasteiger partial charge < -0.3 is 14.4 Å². The molecule has 1 aliphatic rings. The van der Waals surface area contributed by atoms with Gasteiger partial charge in [-0.05, 0) is 26.8 Å². The fourth-order valence-corrected chi connectivity index (χ4v) is 2.87. The molecule has 7 heteroatoms. The van der Waals surface area contributed by atoms with Gasteiger partial charge in [-0.2, -0.15) is 0 Å². The minimum absolute atomic E-state index is 0.177. The quantitative estimate of drug-likeness (QED) is 0.362. The van der Waals surface area contributed by atoms with Gasteiger partial charge in [-0.3, -0.25) is 0 Å². The summed E-state index contributed by atoms with van der Waals surface area (Å²) in [5.41, 5.74) is 0.634. The van der Waals surface area contributed by atoms with E-state index in [2.05, 4.69) is 28.7 Å². The molecule has 6 nitrogen and oxygen atoms in total. The Morgan fingerprint density at radius 2 is 2.09 bits per heavy atom. The summed E-state index contributed by atoms with van der Waals surface area (Å²) < 4.78 is 10.3. The molecule has 2 rings (SSSR count). The minimum Gasteiger partial charge on any atom is -0.465 e. The molecule has 0 N–H and O–H groups in total. The highest BCUT2D eigenvalue weighted by Crippen LogP contribution is 2.28. The molecule has 1 saturated heterocycles. The number of halogens is 1. The summed E-state index contributed by atoms with van der Waals surface area (Å²) in [4.78, 5) is 22.6. The lowest BCUT2D eigenvalue weighted by Gasteiger charge is -2.40. The predicted octanol–water partition coefficient (Wildman–Crippen LogP) is 2.68. The number of ether oxygens (including phenoxy) is 2. The number of rotatable bonds is 2. The largest absolute Gasteiger partial charge is 0.465 e. The van der Waals surface area contributed by atoms with Crippen molar-refractivity contribution in [2.24, 2.45) is 4.99 Å². The zero-order valence-electron chi connectivity index (χ0n) is 13.2. The van der Waals surface area contributed by atoms with Gasteiger partial charge in [0.15, 0.2) is 5.15 Å². The van der Waals surface area contributed by atoms with Crippen LogP contribution in [0, 0.1) is 0 Å². The molecule has 0 saturated carbocycles. The second kappa shape index (κ2) is 7.07. The van der Waals surface area contributed by atoms with E-state index in [9.17, 15) is 4.79 Å². The number of esters is 1. The van der Waals surface area contributed by atoms with Crippen molar-refractivity contribution in [1.82, 2.24) is 9.88 Å². The zero-order valence-corrected chi connectivity index (χ0v) is 13.9. The van der Waals surface area contributed by atoms with Crippen LogP contribution in [-0.4, -0.2) is 54.1 Å². The molecule has 22 heavy (non-hydrogen) atoms. The van der Waals surface area contributed by atoms with Gasteiger partial charge in [-0.15, -0.1) is 0 Å². The number of nitrogens with zero attached hydrogens (tertiary/aromatic N) is 3. The lowest BCUT2D eigenvalue weighted by molar-refractivity contribution is -0.000883. The molecule has 0 unspecified atom stereocenters. The first-order chi connectivity index (χ1) is 10.5. The molecular formula is C15H20ClN3O3. The summed E-state index contributed by atoms with van der Waals surface area (Å²) in [5, 5.41) is 0.177. The molecule has 1 aromatic rings. The number of pyridine rings is 1. The van der Waals surface area contributed by atoms with Crippen LogP contribution in [0.25, 0.3) is 0 Å². The Kier molecular flexibility index (Phi) is 5.37. The Morgan fingerprint density at radius 1 is 1.45 bits per heavy atom. The summed E-state index contributed by atoms with van der Waals surface area (Å²) in [6.07, 6.45) is 1.46. The van der Waals surface area contributed by atoms with Crippen LogP contribution in [-0.2, 0) is 9.47 Å². The van der Waals surface area contributed by atoms with Crippen molar-refractivity contribution < 1.29 is 14.3 Å².